The van der Waals surface area contributed by atoms with Crippen molar-refractivity contribution in [3.05, 3.63) is 18.2 Å². The predicted octanol–water partition coefficient (Wildman–Crippen LogP) is 1.17. The van der Waals surface area contributed by atoms with E-state index in [9.17, 15) is 9.59 Å². The standard InChI is InChI=1S/C18H26N4O4/c1-12(22-6-5-18(2,10-19)11-22)16(23)21-17(24)20-13-3-4-14-15(9-13)26-8-7-25-14/h3-4,9,12H,5-8,10-11,19H2,1-2H3,(H2,20,21,23,24). The zero-order chi connectivity index (χ0) is 18.7. The Morgan fingerprint density at radius 1 is 1.31 bits per heavy atom. The number of anilines is 1. The molecule has 0 spiro atoms. The number of hydrogen-bond acceptors (Lipinski definition) is 6. The van der Waals surface area contributed by atoms with Crippen molar-refractivity contribution in [1.82, 2.24) is 10.2 Å². The van der Waals surface area contributed by atoms with Gasteiger partial charge in [-0.3, -0.25) is 15.0 Å². The van der Waals surface area contributed by atoms with Crippen LogP contribution < -0.4 is 25.8 Å². The van der Waals surface area contributed by atoms with Gasteiger partial charge in [-0.25, -0.2) is 4.79 Å². The Bertz CT molecular complexity index is 696. The van der Waals surface area contributed by atoms with Crippen LogP contribution in [0.2, 0.25) is 0 Å². The van der Waals surface area contributed by atoms with Crippen LogP contribution in [-0.2, 0) is 4.79 Å². The number of urea groups is 1. The molecule has 0 bridgehead atoms. The Kier molecular flexibility index (Phi) is 5.33. The first-order chi connectivity index (χ1) is 12.4. The lowest BCUT2D eigenvalue weighted by molar-refractivity contribution is -0.124. The number of fused-ring (bicyclic) bond motifs is 1. The van der Waals surface area contributed by atoms with E-state index in [2.05, 4.69) is 22.5 Å². The molecular weight excluding hydrogens is 336 g/mol. The van der Waals surface area contributed by atoms with Gasteiger partial charge in [0.2, 0.25) is 5.91 Å². The second-order valence-corrected chi connectivity index (χ2v) is 7.21. The fourth-order valence-electron chi connectivity index (χ4n) is 3.22. The highest BCUT2D eigenvalue weighted by Gasteiger charge is 2.36. The van der Waals surface area contributed by atoms with Gasteiger partial charge >= 0.3 is 6.03 Å². The first-order valence-corrected chi connectivity index (χ1v) is 8.86. The number of ether oxygens (including phenoxy) is 2. The normalized spacial score (nSPS) is 23.3. The molecule has 2 unspecified atom stereocenters. The number of carbonyl (C=O) groups is 2. The summed E-state index contributed by atoms with van der Waals surface area (Å²) in [7, 11) is 0. The van der Waals surface area contributed by atoms with E-state index in [0.717, 1.165) is 19.5 Å². The van der Waals surface area contributed by atoms with E-state index < -0.39 is 12.1 Å². The Morgan fingerprint density at radius 2 is 2.04 bits per heavy atom. The van der Waals surface area contributed by atoms with Gasteiger partial charge in [0.15, 0.2) is 11.5 Å². The van der Waals surface area contributed by atoms with Gasteiger partial charge in [0, 0.05) is 18.3 Å². The number of amides is 3. The second-order valence-electron chi connectivity index (χ2n) is 7.21. The zero-order valence-electron chi connectivity index (χ0n) is 15.2. The van der Waals surface area contributed by atoms with Crippen LogP contribution in [0.3, 0.4) is 0 Å². The summed E-state index contributed by atoms with van der Waals surface area (Å²) in [4.78, 5) is 26.6. The van der Waals surface area contributed by atoms with E-state index in [4.69, 9.17) is 15.2 Å². The molecule has 2 aliphatic heterocycles. The monoisotopic (exact) mass is 362 g/mol. The van der Waals surface area contributed by atoms with Crippen LogP contribution in [0.15, 0.2) is 18.2 Å². The molecule has 0 radical (unpaired) electrons. The lowest BCUT2D eigenvalue weighted by Crippen LogP contribution is -2.48. The van der Waals surface area contributed by atoms with Gasteiger partial charge in [0.25, 0.3) is 0 Å². The fourth-order valence-corrected chi connectivity index (χ4v) is 3.22. The first kappa shape index (κ1) is 18.5. The van der Waals surface area contributed by atoms with Gasteiger partial charge in [-0.1, -0.05) is 6.92 Å². The predicted molar refractivity (Wildman–Crippen MR) is 97.4 cm³/mol. The van der Waals surface area contributed by atoms with Gasteiger partial charge in [-0.05, 0) is 44.0 Å². The largest absolute Gasteiger partial charge is 0.486 e. The maximum absolute atomic E-state index is 12.4. The summed E-state index contributed by atoms with van der Waals surface area (Å²) < 4.78 is 10.9. The zero-order valence-corrected chi connectivity index (χ0v) is 15.2. The molecule has 2 aliphatic rings. The molecule has 1 saturated heterocycles. The molecule has 26 heavy (non-hydrogen) atoms. The van der Waals surface area contributed by atoms with Crippen LogP contribution >= 0.6 is 0 Å². The summed E-state index contributed by atoms with van der Waals surface area (Å²) in [5.41, 5.74) is 6.37. The molecule has 3 amide bonds. The minimum absolute atomic E-state index is 0.0298. The molecule has 0 aromatic heterocycles. The molecule has 2 atom stereocenters. The number of likely N-dealkylation sites (tertiary alicyclic amines) is 1. The summed E-state index contributed by atoms with van der Waals surface area (Å²) in [5.74, 6) is 0.886. The van der Waals surface area contributed by atoms with Crippen LogP contribution in [0.5, 0.6) is 11.5 Å². The molecule has 8 nitrogen and oxygen atoms in total. The number of nitrogens with one attached hydrogen (secondary N) is 2. The average Bonchev–Trinajstić information content (AvgIpc) is 3.03. The number of nitrogens with two attached hydrogens (primary N) is 1. The van der Waals surface area contributed by atoms with E-state index in [0.29, 0.717) is 36.9 Å². The van der Waals surface area contributed by atoms with Gasteiger partial charge in [-0.2, -0.15) is 0 Å². The summed E-state index contributed by atoms with van der Waals surface area (Å²) in [5, 5.41) is 5.05. The van der Waals surface area contributed by atoms with Crippen molar-refractivity contribution in [1.29, 1.82) is 0 Å². The Hall–Kier alpha value is -2.32. The molecule has 142 valence electrons. The average molecular weight is 362 g/mol. The third-order valence-electron chi connectivity index (χ3n) is 5.04. The van der Waals surface area contributed by atoms with E-state index in [1.807, 2.05) is 0 Å². The lowest BCUT2D eigenvalue weighted by Gasteiger charge is -2.26. The topological polar surface area (TPSA) is 106 Å². The van der Waals surface area contributed by atoms with Gasteiger partial charge in [0.1, 0.15) is 13.2 Å². The molecule has 0 saturated carbocycles. The quantitative estimate of drug-likeness (QED) is 0.742. The smallest absolute Gasteiger partial charge is 0.325 e. The van der Waals surface area contributed by atoms with E-state index in [1.54, 1.807) is 25.1 Å². The van der Waals surface area contributed by atoms with E-state index in [1.165, 1.54) is 0 Å². The number of nitrogens with zero attached hydrogens (tertiary/aromatic N) is 1. The minimum Gasteiger partial charge on any atom is -0.486 e. The van der Waals surface area contributed by atoms with Gasteiger partial charge < -0.3 is 20.5 Å². The molecule has 1 aromatic carbocycles. The molecular formula is C18H26N4O4. The SMILES string of the molecule is CC(C(=O)NC(=O)Nc1ccc2c(c1)OCCO2)N1CCC(C)(CN)C1. The molecule has 1 fully saturated rings. The molecule has 2 heterocycles. The molecule has 3 rings (SSSR count). The minimum atomic E-state index is -0.570. The van der Waals surface area contributed by atoms with Crippen LogP contribution in [0.4, 0.5) is 10.5 Å². The summed E-state index contributed by atoms with van der Waals surface area (Å²) >= 11 is 0. The highest BCUT2D eigenvalue weighted by Crippen LogP contribution is 2.32. The van der Waals surface area contributed by atoms with Crippen molar-refractivity contribution < 1.29 is 19.1 Å². The third kappa shape index (κ3) is 4.08. The van der Waals surface area contributed by atoms with Crippen molar-refractivity contribution in [2.24, 2.45) is 11.1 Å². The Balaban J connectivity index is 1.54. The number of rotatable bonds is 4. The van der Waals surface area contributed by atoms with Crippen LogP contribution in [-0.4, -0.2) is 55.7 Å². The van der Waals surface area contributed by atoms with E-state index in [-0.39, 0.29) is 11.3 Å². The van der Waals surface area contributed by atoms with Crippen molar-refractivity contribution in [3.63, 3.8) is 0 Å². The highest BCUT2D eigenvalue weighted by molar-refractivity contribution is 6.02. The van der Waals surface area contributed by atoms with Crippen molar-refractivity contribution in [2.45, 2.75) is 26.3 Å². The highest BCUT2D eigenvalue weighted by atomic mass is 16.6. The molecule has 0 aliphatic carbocycles. The van der Waals surface area contributed by atoms with Crippen LogP contribution in [0.1, 0.15) is 20.3 Å². The lowest BCUT2D eigenvalue weighted by atomic mass is 9.90. The molecule has 1 aromatic rings. The third-order valence-corrected chi connectivity index (χ3v) is 5.04. The Labute approximate surface area is 153 Å². The molecule has 4 N–H and O–H groups in total. The second kappa shape index (κ2) is 7.51. The maximum Gasteiger partial charge on any atom is 0.325 e. The van der Waals surface area contributed by atoms with Crippen molar-refractivity contribution >= 4 is 17.6 Å². The summed E-state index contributed by atoms with van der Waals surface area (Å²) in [6, 6.07) is 4.14. The summed E-state index contributed by atoms with van der Waals surface area (Å²) in [6.45, 7) is 7.03. The Morgan fingerprint density at radius 3 is 2.73 bits per heavy atom. The number of carbonyl (C=O) groups excluding carboxylic acids is 2. The van der Waals surface area contributed by atoms with Crippen LogP contribution in [0.25, 0.3) is 0 Å². The van der Waals surface area contributed by atoms with E-state index >= 15 is 0 Å². The fraction of sp³-hybridized carbons (Fsp3) is 0.556. The van der Waals surface area contributed by atoms with Gasteiger partial charge in [0.05, 0.1) is 6.04 Å². The first-order valence-electron chi connectivity index (χ1n) is 8.86. The number of benzene rings is 1. The van der Waals surface area contributed by atoms with Crippen molar-refractivity contribution in [2.75, 3.05) is 38.2 Å². The number of hydrogen-bond donors (Lipinski definition) is 3. The molecule has 8 heteroatoms. The van der Waals surface area contributed by atoms with Crippen molar-refractivity contribution in [3.8, 4) is 11.5 Å². The maximum atomic E-state index is 12.4. The van der Waals surface area contributed by atoms with Gasteiger partial charge in [-0.15, -0.1) is 0 Å². The van der Waals surface area contributed by atoms with Crippen LogP contribution in [0, 0.1) is 5.41 Å². The summed E-state index contributed by atoms with van der Waals surface area (Å²) in [6.07, 6.45) is 0.949. The number of imide groups is 1.